The molecule has 3 fully saturated rings. The summed E-state index contributed by atoms with van der Waals surface area (Å²) in [5.41, 5.74) is 0. The summed E-state index contributed by atoms with van der Waals surface area (Å²) in [5, 5.41) is 3.57. The molecule has 4 heteroatoms. The number of hydrogen-bond acceptors (Lipinski definition) is 4. The van der Waals surface area contributed by atoms with Crippen molar-refractivity contribution in [3.63, 3.8) is 0 Å². The highest BCUT2D eigenvalue weighted by atomic mass is 16.7. The van der Waals surface area contributed by atoms with E-state index in [0.717, 1.165) is 38.1 Å². The standard InChI is InChI=1S/C16H30N2O2/c1-2-10-18(15-4-3-9-17-13-15)14-5-7-16(8-6-14)19-11-12-20-16/h14-15,17H,2-13H2,1H3. The van der Waals surface area contributed by atoms with Gasteiger partial charge in [0.05, 0.1) is 13.2 Å². The molecule has 1 aliphatic carbocycles. The Morgan fingerprint density at radius 3 is 2.45 bits per heavy atom. The van der Waals surface area contributed by atoms with E-state index in [1.165, 1.54) is 51.7 Å². The second kappa shape index (κ2) is 6.73. The fourth-order valence-electron chi connectivity index (χ4n) is 4.20. The smallest absolute Gasteiger partial charge is 0.168 e. The van der Waals surface area contributed by atoms with Gasteiger partial charge in [-0.05, 0) is 45.2 Å². The first-order valence-electron chi connectivity index (χ1n) is 8.57. The van der Waals surface area contributed by atoms with Gasteiger partial charge in [-0.15, -0.1) is 0 Å². The number of rotatable bonds is 4. The molecule has 0 aromatic carbocycles. The van der Waals surface area contributed by atoms with Crippen LogP contribution in [0.25, 0.3) is 0 Å². The van der Waals surface area contributed by atoms with Gasteiger partial charge in [0, 0.05) is 31.5 Å². The van der Waals surface area contributed by atoms with Gasteiger partial charge in [-0.25, -0.2) is 0 Å². The van der Waals surface area contributed by atoms with Gasteiger partial charge in [-0.3, -0.25) is 4.90 Å². The van der Waals surface area contributed by atoms with Crippen molar-refractivity contribution in [3.8, 4) is 0 Å². The molecule has 0 radical (unpaired) electrons. The normalized spacial score (nSPS) is 31.2. The molecule has 116 valence electrons. The molecule has 0 bridgehead atoms. The first-order chi connectivity index (χ1) is 9.83. The zero-order valence-corrected chi connectivity index (χ0v) is 12.9. The van der Waals surface area contributed by atoms with Crippen LogP contribution in [0.1, 0.15) is 51.9 Å². The van der Waals surface area contributed by atoms with E-state index in [1.807, 2.05) is 0 Å². The minimum Gasteiger partial charge on any atom is -0.348 e. The molecule has 2 heterocycles. The highest BCUT2D eigenvalue weighted by molar-refractivity contribution is 4.90. The Balaban J connectivity index is 1.57. The van der Waals surface area contributed by atoms with Gasteiger partial charge in [0.25, 0.3) is 0 Å². The summed E-state index contributed by atoms with van der Waals surface area (Å²) >= 11 is 0. The Hall–Kier alpha value is -0.160. The van der Waals surface area contributed by atoms with Crippen LogP contribution in [0.5, 0.6) is 0 Å². The quantitative estimate of drug-likeness (QED) is 0.856. The van der Waals surface area contributed by atoms with E-state index < -0.39 is 0 Å². The van der Waals surface area contributed by atoms with Crippen molar-refractivity contribution in [2.45, 2.75) is 69.7 Å². The Kier molecular flexibility index (Phi) is 4.97. The maximum atomic E-state index is 5.86. The van der Waals surface area contributed by atoms with Gasteiger partial charge in [0.2, 0.25) is 0 Å². The van der Waals surface area contributed by atoms with Crippen molar-refractivity contribution in [2.75, 3.05) is 32.8 Å². The Bertz CT molecular complexity index is 289. The van der Waals surface area contributed by atoms with Crippen LogP contribution in [0, 0.1) is 0 Å². The third kappa shape index (κ3) is 3.19. The van der Waals surface area contributed by atoms with Crippen molar-refractivity contribution < 1.29 is 9.47 Å². The zero-order chi connectivity index (χ0) is 13.8. The molecule has 0 aromatic heterocycles. The van der Waals surface area contributed by atoms with E-state index in [4.69, 9.17) is 9.47 Å². The van der Waals surface area contributed by atoms with Crippen LogP contribution in [0.4, 0.5) is 0 Å². The number of ether oxygens (including phenoxy) is 2. The molecule has 1 saturated carbocycles. The van der Waals surface area contributed by atoms with Crippen LogP contribution in [0.15, 0.2) is 0 Å². The van der Waals surface area contributed by atoms with Crippen molar-refractivity contribution in [2.24, 2.45) is 0 Å². The maximum absolute atomic E-state index is 5.86. The third-order valence-corrected chi connectivity index (χ3v) is 5.22. The Morgan fingerprint density at radius 2 is 1.85 bits per heavy atom. The van der Waals surface area contributed by atoms with Gasteiger partial charge in [0.1, 0.15) is 0 Å². The van der Waals surface area contributed by atoms with Crippen LogP contribution < -0.4 is 5.32 Å². The monoisotopic (exact) mass is 282 g/mol. The molecule has 0 aromatic rings. The van der Waals surface area contributed by atoms with Crippen molar-refractivity contribution in [3.05, 3.63) is 0 Å². The second-order valence-electron chi connectivity index (χ2n) is 6.58. The minimum absolute atomic E-state index is 0.209. The van der Waals surface area contributed by atoms with Crippen LogP contribution in [-0.4, -0.2) is 55.6 Å². The van der Waals surface area contributed by atoms with E-state index in [9.17, 15) is 0 Å². The molecule has 0 amide bonds. The summed E-state index contributed by atoms with van der Waals surface area (Å²) in [7, 11) is 0. The minimum atomic E-state index is -0.209. The zero-order valence-electron chi connectivity index (χ0n) is 12.9. The lowest BCUT2D eigenvalue weighted by Gasteiger charge is -2.44. The lowest BCUT2D eigenvalue weighted by atomic mass is 9.87. The van der Waals surface area contributed by atoms with Crippen LogP contribution in [0.2, 0.25) is 0 Å². The molecule has 3 aliphatic rings. The molecule has 3 rings (SSSR count). The van der Waals surface area contributed by atoms with Crippen molar-refractivity contribution in [1.29, 1.82) is 0 Å². The molecule has 2 saturated heterocycles. The molecular weight excluding hydrogens is 252 g/mol. The molecule has 20 heavy (non-hydrogen) atoms. The second-order valence-corrected chi connectivity index (χ2v) is 6.58. The SMILES string of the molecule is CCCN(C1CCC2(CC1)OCCO2)C1CCCNC1. The van der Waals surface area contributed by atoms with E-state index in [1.54, 1.807) is 0 Å². The molecule has 1 unspecified atom stereocenters. The molecule has 1 spiro atoms. The molecule has 1 N–H and O–H groups in total. The Labute approximate surface area is 123 Å². The van der Waals surface area contributed by atoms with E-state index in [0.29, 0.717) is 0 Å². The molecular formula is C16H30N2O2. The van der Waals surface area contributed by atoms with E-state index in [-0.39, 0.29) is 5.79 Å². The third-order valence-electron chi connectivity index (χ3n) is 5.22. The summed E-state index contributed by atoms with van der Waals surface area (Å²) in [5.74, 6) is -0.209. The largest absolute Gasteiger partial charge is 0.348 e. The topological polar surface area (TPSA) is 33.7 Å². The number of hydrogen-bond donors (Lipinski definition) is 1. The number of piperidine rings is 1. The summed E-state index contributed by atoms with van der Waals surface area (Å²) < 4.78 is 11.7. The fourth-order valence-corrected chi connectivity index (χ4v) is 4.20. The molecule has 1 atom stereocenters. The van der Waals surface area contributed by atoms with Crippen LogP contribution in [0.3, 0.4) is 0 Å². The number of nitrogens with zero attached hydrogens (tertiary/aromatic N) is 1. The summed E-state index contributed by atoms with van der Waals surface area (Å²) in [6.45, 7) is 7.49. The lowest BCUT2D eigenvalue weighted by Crippen LogP contribution is -2.53. The highest BCUT2D eigenvalue weighted by Crippen LogP contribution is 2.38. The fraction of sp³-hybridized carbons (Fsp3) is 1.00. The Morgan fingerprint density at radius 1 is 1.10 bits per heavy atom. The summed E-state index contributed by atoms with van der Waals surface area (Å²) in [6.07, 6.45) is 8.57. The predicted octanol–water partition coefficient (Wildman–Crippen LogP) is 2.14. The van der Waals surface area contributed by atoms with Crippen molar-refractivity contribution >= 4 is 0 Å². The highest BCUT2D eigenvalue weighted by Gasteiger charge is 2.42. The van der Waals surface area contributed by atoms with Gasteiger partial charge >= 0.3 is 0 Å². The van der Waals surface area contributed by atoms with Gasteiger partial charge < -0.3 is 14.8 Å². The lowest BCUT2D eigenvalue weighted by molar-refractivity contribution is -0.185. The van der Waals surface area contributed by atoms with E-state index in [2.05, 4.69) is 17.1 Å². The predicted molar refractivity (Wildman–Crippen MR) is 79.8 cm³/mol. The van der Waals surface area contributed by atoms with Crippen LogP contribution >= 0.6 is 0 Å². The van der Waals surface area contributed by atoms with Crippen molar-refractivity contribution in [1.82, 2.24) is 10.2 Å². The summed E-state index contributed by atoms with van der Waals surface area (Å²) in [4.78, 5) is 2.79. The van der Waals surface area contributed by atoms with Gasteiger partial charge in [-0.1, -0.05) is 6.92 Å². The number of nitrogens with one attached hydrogen (secondary N) is 1. The maximum Gasteiger partial charge on any atom is 0.168 e. The van der Waals surface area contributed by atoms with E-state index >= 15 is 0 Å². The first kappa shape index (κ1) is 14.8. The van der Waals surface area contributed by atoms with Crippen LogP contribution in [-0.2, 0) is 9.47 Å². The first-order valence-corrected chi connectivity index (χ1v) is 8.57. The van der Waals surface area contributed by atoms with Gasteiger partial charge in [0.15, 0.2) is 5.79 Å². The average Bonchev–Trinajstić information content (AvgIpc) is 2.95. The molecule has 2 aliphatic heterocycles. The molecule has 4 nitrogen and oxygen atoms in total. The summed E-state index contributed by atoms with van der Waals surface area (Å²) in [6, 6.07) is 1.48. The average molecular weight is 282 g/mol. The van der Waals surface area contributed by atoms with Gasteiger partial charge in [-0.2, -0.15) is 0 Å².